The van der Waals surface area contributed by atoms with Crippen molar-refractivity contribution in [2.24, 2.45) is 5.92 Å². The highest BCUT2D eigenvalue weighted by Crippen LogP contribution is 2.19. The molecule has 0 saturated heterocycles. The van der Waals surface area contributed by atoms with Crippen LogP contribution in [0.4, 0.5) is 0 Å². The van der Waals surface area contributed by atoms with Crippen LogP contribution in [0, 0.1) is 12.8 Å². The predicted molar refractivity (Wildman–Crippen MR) is 32.3 cm³/mol. The average Bonchev–Trinajstić information content (AvgIpc) is 1.77. The second kappa shape index (κ2) is 2.21. The van der Waals surface area contributed by atoms with E-state index in [4.69, 9.17) is 0 Å². The van der Waals surface area contributed by atoms with Crippen LogP contribution >= 0.6 is 0 Å². The Kier molecular flexibility index (Phi) is 1.56. The summed E-state index contributed by atoms with van der Waals surface area (Å²) in [5.74, 6) is 0.970. The molecule has 0 bridgehead atoms. The van der Waals surface area contributed by atoms with Crippen LogP contribution in [0.1, 0.15) is 25.7 Å². The van der Waals surface area contributed by atoms with Gasteiger partial charge in [-0.3, -0.25) is 4.79 Å². The zero-order chi connectivity index (χ0) is 5.98. The molecule has 0 aromatic rings. The first-order valence-electron chi connectivity index (χ1n) is 3.14. The van der Waals surface area contributed by atoms with Gasteiger partial charge in [0.15, 0.2) is 0 Å². The molecule has 1 aliphatic rings. The molecule has 0 heterocycles. The monoisotopic (exact) mass is 111 g/mol. The van der Waals surface area contributed by atoms with Gasteiger partial charge in [-0.1, -0.05) is 0 Å². The number of carbonyl (C=O) groups excluding carboxylic acids is 1. The molecule has 1 nitrogen and oxygen atoms in total. The third-order valence-corrected chi connectivity index (χ3v) is 1.66. The predicted octanol–water partition coefficient (Wildman–Crippen LogP) is 1.58. The Balaban J connectivity index is 2.29. The first kappa shape index (κ1) is 5.67. The van der Waals surface area contributed by atoms with Gasteiger partial charge < -0.3 is 0 Å². The molecule has 0 atom stereocenters. The molecule has 44 valence electrons. The van der Waals surface area contributed by atoms with Crippen LogP contribution in [-0.2, 0) is 4.79 Å². The fourth-order valence-corrected chi connectivity index (χ4v) is 1.000. The van der Waals surface area contributed by atoms with E-state index < -0.39 is 0 Å². The molecule has 0 amide bonds. The van der Waals surface area contributed by atoms with Gasteiger partial charge in [-0.2, -0.15) is 0 Å². The molecule has 0 aromatic carbocycles. The van der Waals surface area contributed by atoms with Gasteiger partial charge in [-0.15, -0.1) is 0 Å². The van der Waals surface area contributed by atoms with Crippen molar-refractivity contribution in [3.63, 3.8) is 0 Å². The van der Waals surface area contributed by atoms with E-state index in [-0.39, 0.29) is 0 Å². The van der Waals surface area contributed by atoms with Crippen molar-refractivity contribution in [1.82, 2.24) is 0 Å². The molecule has 1 saturated carbocycles. The molecule has 0 radical (unpaired) electrons. The van der Waals surface area contributed by atoms with Crippen molar-refractivity contribution in [1.29, 1.82) is 0 Å². The molecule has 8 heavy (non-hydrogen) atoms. The van der Waals surface area contributed by atoms with Crippen LogP contribution in [0.25, 0.3) is 0 Å². The van der Waals surface area contributed by atoms with E-state index in [2.05, 4.69) is 6.92 Å². The van der Waals surface area contributed by atoms with E-state index >= 15 is 0 Å². The molecular weight excluding hydrogens is 100 g/mol. The first-order chi connectivity index (χ1) is 3.79. The van der Waals surface area contributed by atoms with Gasteiger partial charge in [0.1, 0.15) is 5.78 Å². The van der Waals surface area contributed by atoms with Crippen LogP contribution < -0.4 is 0 Å². The Morgan fingerprint density at radius 3 is 2.25 bits per heavy atom. The zero-order valence-corrected chi connectivity index (χ0v) is 5.02. The Labute approximate surface area is 50.1 Å². The highest BCUT2D eigenvalue weighted by Gasteiger charge is 2.18. The molecule has 0 spiro atoms. The summed E-state index contributed by atoms with van der Waals surface area (Å²) in [6.07, 6.45) is 3.57. The van der Waals surface area contributed by atoms with E-state index in [1.807, 2.05) is 0 Å². The molecule has 0 N–H and O–H groups in total. The van der Waals surface area contributed by atoms with Crippen molar-refractivity contribution >= 4 is 5.78 Å². The minimum Gasteiger partial charge on any atom is -0.300 e. The number of ketones is 1. The van der Waals surface area contributed by atoms with E-state index in [0.29, 0.717) is 11.7 Å². The normalized spacial score (nSPS) is 23.8. The number of rotatable bonds is 0. The maximum Gasteiger partial charge on any atom is 0.133 e. The molecule has 1 heteroatoms. The van der Waals surface area contributed by atoms with Gasteiger partial charge in [0.05, 0.1) is 12.8 Å². The number of Topliss-reactive ketones (excluding diaryl/α,β-unsaturated/α-hetero) is 1. The van der Waals surface area contributed by atoms with Gasteiger partial charge in [-0.05, 0) is 12.8 Å². The molecule has 1 fully saturated rings. The van der Waals surface area contributed by atoms with Crippen molar-refractivity contribution in [2.75, 3.05) is 0 Å². The quantitative estimate of drug-likeness (QED) is 0.434. The van der Waals surface area contributed by atoms with Crippen LogP contribution in [-0.4, -0.2) is 5.78 Å². The van der Waals surface area contributed by atoms with E-state index in [1.54, 1.807) is 0 Å². The largest absolute Gasteiger partial charge is 0.300 e. The third-order valence-electron chi connectivity index (χ3n) is 1.66. The van der Waals surface area contributed by atoms with E-state index in [9.17, 15) is 4.79 Å². The first-order valence-corrected chi connectivity index (χ1v) is 3.14. The Morgan fingerprint density at radius 2 is 1.88 bits per heavy atom. The Hall–Kier alpha value is -0.460. The van der Waals surface area contributed by atoms with Gasteiger partial charge in [0, 0.05) is 12.8 Å². The van der Waals surface area contributed by atoms with E-state index in [0.717, 1.165) is 25.7 Å². The summed E-state index contributed by atoms with van der Waals surface area (Å²) in [4.78, 5) is 10.6. The fourth-order valence-electron chi connectivity index (χ4n) is 1.000. The van der Waals surface area contributed by atoms with E-state index in [1.165, 1.54) is 0 Å². The van der Waals surface area contributed by atoms with Crippen molar-refractivity contribution in [2.45, 2.75) is 25.7 Å². The van der Waals surface area contributed by atoms with Gasteiger partial charge in [0.2, 0.25) is 0 Å². The lowest BCUT2D eigenvalue weighted by atomic mass is 9.90. The fraction of sp³-hybridized carbons (Fsp3) is 0.714. The van der Waals surface area contributed by atoms with Gasteiger partial charge in [-0.25, -0.2) is 0 Å². The van der Waals surface area contributed by atoms with Crippen molar-refractivity contribution in [3.05, 3.63) is 6.92 Å². The minimum atomic E-state index is 0.421. The maximum absolute atomic E-state index is 10.6. The molecule has 0 unspecified atom stereocenters. The molecule has 0 aliphatic heterocycles. The summed E-state index contributed by atoms with van der Waals surface area (Å²) in [6, 6.07) is 0. The Morgan fingerprint density at radius 1 is 1.38 bits per heavy atom. The highest BCUT2D eigenvalue weighted by atomic mass is 16.1. The van der Waals surface area contributed by atoms with Gasteiger partial charge in [0.25, 0.3) is 0 Å². The summed E-state index contributed by atoms with van der Waals surface area (Å²) in [5, 5.41) is 0. The molecular formula is C7H11O+. The lowest BCUT2D eigenvalue weighted by Crippen LogP contribution is -2.10. The summed E-state index contributed by atoms with van der Waals surface area (Å²) < 4.78 is 0. The second-order valence-electron chi connectivity index (χ2n) is 2.48. The summed E-state index contributed by atoms with van der Waals surface area (Å²) in [5.41, 5.74) is 0. The standard InChI is InChI=1S/C7H11O/c1-6-2-4-7(8)5-3-6/h6H,1-5H2/q+1. The lowest BCUT2D eigenvalue weighted by Gasteiger charge is -2.09. The lowest BCUT2D eigenvalue weighted by molar-refractivity contribution is -0.120. The van der Waals surface area contributed by atoms with Crippen molar-refractivity contribution < 1.29 is 4.79 Å². The molecule has 1 rings (SSSR count). The topological polar surface area (TPSA) is 17.1 Å². The van der Waals surface area contributed by atoms with Crippen LogP contribution in [0.3, 0.4) is 0 Å². The molecule has 1 aliphatic carbocycles. The maximum atomic E-state index is 10.6. The smallest absolute Gasteiger partial charge is 0.133 e. The minimum absolute atomic E-state index is 0.421. The average molecular weight is 111 g/mol. The second-order valence-corrected chi connectivity index (χ2v) is 2.48. The SMILES string of the molecule is [CH2+]C1CCC(=O)CC1. The number of hydrogen-bond acceptors (Lipinski definition) is 1. The summed E-state index contributed by atoms with van der Waals surface area (Å²) in [7, 11) is 0. The van der Waals surface area contributed by atoms with Crippen LogP contribution in [0.5, 0.6) is 0 Å². The van der Waals surface area contributed by atoms with Crippen molar-refractivity contribution in [3.8, 4) is 0 Å². The number of hydrogen-bond donors (Lipinski definition) is 0. The third kappa shape index (κ3) is 1.25. The van der Waals surface area contributed by atoms with Gasteiger partial charge >= 0.3 is 0 Å². The Bertz CT molecular complexity index is 86.6. The highest BCUT2D eigenvalue weighted by molar-refractivity contribution is 5.79. The molecule has 0 aromatic heterocycles. The summed E-state index contributed by atoms with van der Waals surface area (Å²) in [6.45, 7) is 3.88. The van der Waals surface area contributed by atoms with Crippen LogP contribution in [0.15, 0.2) is 0 Å². The van der Waals surface area contributed by atoms with Crippen LogP contribution in [0.2, 0.25) is 0 Å². The zero-order valence-electron chi connectivity index (χ0n) is 5.02. The summed E-state index contributed by atoms with van der Waals surface area (Å²) >= 11 is 0. The number of carbonyl (C=O) groups is 1.